The Morgan fingerprint density at radius 1 is 1.44 bits per heavy atom. The van der Waals surface area contributed by atoms with Gasteiger partial charge in [-0.1, -0.05) is 12.8 Å². The molecule has 102 valence electrons. The van der Waals surface area contributed by atoms with Crippen molar-refractivity contribution in [1.29, 1.82) is 0 Å². The van der Waals surface area contributed by atoms with Gasteiger partial charge in [0.15, 0.2) is 0 Å². The van der Waals surface area contributed by atoms with Crippen LogP contribution in [0.4, 0.5) is 0 Å². The van der Waals surface area contributed by atoms with Crippen LogP contribution in [0.1, 0.15) is 31.4 Å². The van der Waals surface area contributed by atoms with Crippen molar-refractivity contribution < 1.29 is 8.42 Å². The smallest absolute Gasteiger partial charge is 0.244 e. The Morgan fingerprint density at radius 3 is 2.56 bits per heavy atom. The normalized spacial score (nSPS) is 17.8. The predicted octanol–water partition coefficient (Wildman–Crippen LogP) is 2.33. The minimum absolute atomic E-state index is 0.148. The molecule has 1 heterocycles. The molecule has 0 saturated heterocycles. The summed E-state index contributed by atoms with van der Waals surface area (Å²) < 4.78 is 28.2. The topological polar surface area (TPSA) is 42.3 Å². The SMILES string of the molecule is CN(C1CCCC1)S(=O)(=O)c1cc(CCl)n(C)c1. The Hall–Kier alpha value is -0.520. The van der Waals surface area contributed by atoms with Gasteiger partial charge in [-0.05, 0) is 18.9 Å². The molecule has 0 unspecified atom stereocenters. The third-order valence-corrected chi connectivity index (χ3v) is 5.88. The number of aromatic nitrogens is 1. The molecule has 1 aromatic heterocycles. The first-order chi connectivity index (χ1) is 8.46. The first kappa shape index (κ1) is 13.9. The highest BCUT2D eigenvalue weighted by Crippen LogP contribution is 2.28. The second-order valence-corrected chi connectivity index (χ2v) is 7.14. The van der Waals surface area contributed by atoms with Gasteiger partial charge in [-0.2, -0.15) is 4.31 Å². The van der Waals surface area contributed by atoms with Gasteiger partial charge in [0, 0.05) is 32.0 Å². The fraction of sp³-hybridized carbons (Fsp3) is 0.667. The van der Waals surface area contributed by atoms with Gasteiger partial charge in [0.2, 0.25) is 10.0 Å². The summed E-state index contributed by atoms with van der Waals surface area (Å²) in [5, 5.41) is 0. The molecule has 6 heteroatoms. The molecule has 1 aromatic rings. The van der Waals surface area contributed by atoms with E-state index in [9.17, 15) is 8.42 Å². The molecule has 0 aliphatic heterocycles. The van der Waals surface area contributed by atoms with Gasteiger partial charge < -0.3 is 4.57 Å². The molecule has 0 spiro atoms. The van der Waals surface area contributed by atoms with Crippen molar-refractivity contribution in [3.8, 4) is 0 Å². The van der Waals surface area contributed by atoms with Crippen molar-refractivity contribution in [3.63, 3.8) is 0 Å². The molecule has 0 aromatic carbocycles. The van der Waals surface area contributed by atoms with Gasteiger partial charge in [0.25, 0.3) is 0 Å². The average molecular weight is 291 g/mol. The van der Waals surface area contributed by atoms with E-state index in [1.165, 1.54) is 4.31 Å². The quantitative estimate of drug-likeness (QED) is 0.799. The van der Waals surface area contributed by atoms with E-state index >= 15 is 0 Å². The van der Waals surface area contributed by atoms with E-state index in [4.69, 9.17) is 11.6 Å². The predicted molar refractivity (Wildman–Crippen MR) is 72.2 cm³/mol. The summed E-state index contributed by atoms with van der Waals surface area (Å²) in [6.45, 7) is 0. The zero-order chi connectivity index (χ0) is 13.3. The molecule has 18 heavy (non-hydrogen) atoms. The maximum absolute atomic E-state index is 12.5. The number of hydrogen-bond donors (Lipinski definition) is 0. The van der Waals surface area contributed by atoms with Crippen LogP contribution in [0, 0.1) is 0 Å². The number of hydrogen-bond acceptors (Lipinski definition) is 2. The zero-order valence-corrected chi connectivity index (χ0v) is 12.3. The monoisotopic (exact) mass is 290 g/mol. The van der Waals surface area contributed by atoms with E-state index in [0.29, 0.717) is 10.8 Å². The maximum atomic E-state index is 12.5. The Morgan fingerprint density at radius 2 is 2.06 bits per heavy atom. The van der Waals surface area contributed by atoms with E-state index < -0.39 is 10.0 Å². The lowest BCUT2D eigenvalue weighted by molar-refractivity contribution is 0.373. The minimum Gasteiger partial charge on any atom is -0.352 e. The van der Waals surface area contributed by atoms with Crippen LogP contribution in [-0.4, -0.2) is 30.4 Å². The van der Waals surface area contributed by atoms with Crippen molar-refractivity contribution in [3.05, 3.63) is 18.0 Å². The second-order valence-electron chi connectivity index (χ2n) is 4.87. The number of alkyl halides is 1. The molecule has 4 nitrogen and oxygen atoms in total. The Bertz CT molecular complexity index is 518. The van der Waals surface area contributed by atoms with Crippen LogP contribution in [0.3, 0.4) is 0 Å². The number of aryl methyl sites for hydroxylation is 1. The van der Waals surface area contributed by atoms with Crippen molar-refractivity contribution in [2.24, 2.45) is 7.05 Å². The van der Waals surface area contributed by atoms with Gasteiger partial charge in [0.1, 0.15) is 4.90 Å². The molecule has 0 radical (unpaired) electrons. The molecule has 0 amide bonds. The largest absolute Gasteiger partial charge is 0.352 e. The summed E-state index contributed by atoms with van der Waals surface area (Å²) in [6.07, 6.45) is 5.80. The maximum Gasteiger partial charge on any atom is 0.244 e. The van der Waals surface area contributed by atoms with Crippen LogP contribution < -0.4 is 0 Å². The van der Waals surface area contributed by atoms with Crippen LogP contribution in [0.25, 0.3) is 0 Å². The summed E-state index contributed by atoms with van der Waals surface area (Å²) in [7, 11) is 0.111. The highest BCUT2D eigenvalue weighted by Gasteiger charge is 2.30. The molecular formula is C12H19ClN2O2S. The van der Waals surface area contributed by atoms with Gasteiger partial charge >= 0.3 is 0 Å². The number of sulfonamides is 1. The lowest BCUT2D eigenvalue weighted by Gasteiger charge is -2.22. The molecule has 0 bridgehead atoms. The zero-order valence-electron chi connectivity index (χ0n) is 10.8. The minimum atomic E-state index is -3.38. The van der Waals surface area contributed by atoms with Crippen molar-refractivity contribution in [1.82, 2.24) is 8.87 Å². The number of halogens is 1. The van der Waals surface area contributed by atoms with E-state index in [0.717, 1.165) is 31.4 Å². The van der Waals surface area contributed by atoms with E-state index in [-0.39, 0.29) is 6.04 Å². The number of nitrogens with zero attached hydrogens (tertiary/aromatic N) is 2. The van der Waals surface area contributed by atoms with Crippen LogP contribution in [-0.2, 0) is 23.0 Å². The lowest BCUT2D eigenvalue weighted by atomic mass is 10.3. The van der Waals surface area contributed by atoms with E-state index in [1.807, 2.05) is 7.05 Å². The summed E-state index contributed by atoms with van der Waals surface area (Å²) in [5.74, 6) is 0.319. The highest BCUT2D eigenvalue weighted by molar-refractivity contribution is 7.89. The average Bonchev–Trinajstić information content (AvgIpc) is 2.96. The third-order valence-electron chi connectivity index (χ3n) is 3.74. The van der Waals surface area contributed by atoms with Crippen LogP contribution in [0.15, 0.2) is 17.2 Å². The third kappa shape index (κ3) is 2.44. The second kappa shape index (κ2) is 5.23. The molecule has 1 fully saturated rings. The highest BCUT2D eigenvalue weighted by atomic mass is 35.5. The fourth-order valence-electron chi connectivity index (χ4n) is 2.48. The first-order valence-corrected chi connectivity index (χ1v) is 8.13. The van der Waals surface area contributed by atoms with Gasteiger partial charge in [-0.25, -0.2) is 8.42 Å². The van der Waals surface area contributed by atoms with Crippen molar-refractivity contribution in [2.45, 2.75) is 42.5 Å². The van der Waals surface area contributed by atoms with Crippen LogP contribution in [0.2, 0.25) is 0 Å². The van der Waals surface area contributed by atoms with Gasteiger partial charge in [-0.3, -0.25) is 0 Å². The first-order valence-electron chi connectivity index (χ1n) is 6.16. The summed E-state index contributed by atoms with van der Waals surface area (Å²) in [6, 6.07) is 1.81. The van der Waals surface area contributed by atoms with Crippen molar-refractivity contribution >= 4 is 21.6 Å². The van der Waals surface area contributed by atoms with E-state index in [1.54, 1.807) is 23.9 Å². The standard InChI is InChI=1S/C12H19ClN2O2S/c1-14-9-12(7-11(14)8-13)18(16,17)15(2)10-5-3-4-6-10/h7,9-10H,3-6,8H2,1-2H3. The molecular weight excluding hydrogens is 272 g/mol. The Labute approximate surface area is 114 Å². The Balaban J connectivity index is 2.28. The molecule has 2 rings (SSSR count). The van der Waals surface area contributed by atoms with Crippen molar-refractivity contribution in [2.75, 3.05) is 7.05 Å². The Kier molecular flexibility index (Phi) is 4.04. The van der Waals surface area contributed by atoms with Gasteiger partial charge in [0.05, 0.1) is 5.88 Å². The van der Waals surface area contributed by atoms with Crippen LogP contribution in [0.5, 0.6) is 0 Å². The molecule has 0 atom stereocenters. The summed E-state index contributed by atoms with van der Waals surface area (Å²) in [4.78, 5) is 0.343. The van der Waals surface area contributed by atoms with Crippen LogP contribution >= 0.6 is 11.6 Å². The summed E-state index contributed by atoms with van der Waals surface area (Å²) >= 11 is 5.77. The molecule has 1 aliphatic carbocycles. The molecule has 1 saturated carbocycles. The van der Waals surface area contributed by atoms with Gasteiger partial charge in [-0.15, -0.1) is 11.6 Å². The van der Waals surface area contributed by atoms with E-state index in [2.05, 4.69) is 0 Å². The number of rotatable bonds is 4. The molecule has 1 aliphatic rings. The molecule has 0 N–H and O–H groups in total. The summed E-state index contributed by atoms with van der Waals surface area (Å²) in [5.41, 5.74) is 0.815. The lowest BCUT2D eigenvalue weighted by Crippen LogP contribution is -2.35. The fourth-order valence-corrected chi connectivity index (χ4v) is 4.26.